The second-order valence-corrected chi connectivity index (χ2v) is 16.1. The predicted octanol–water partition coefficient (Wildman–Crippen LogP) is 6.94. The highest BCUT2D eigenvalue weighted by atomic mass is 16.7. The Bertz CT molecular complexity index is 1070. The van der Waals surface area contributed by atoms with Gasteiger partial charge in [0.1, 0.15) is 5.78 Å². The minimum Gasteiger partial charge on any atom is -0.404 e. The first-order valence-electron chi connectivity index (χ1n) is 19.1. The van der Waals surface area contributed by atoms with Crippen LogP contribution in [0.3, 0.4) is 0 Å². The van der Waals surface area contributed by atoms with E-state index in [9.17, 15) is 19.7 Å². The molecule has 4 fully saturated rings. The van der Waals surface area contributed by atoms with Crippen LogP contribution in [-0.2, 0) is 18.9 Å². The standard InChI is InChI=1S/C36H66BN5O6/c1-7-8-9-10-11-12-13-14-15-16-17-20-29(43)23-27(19-18-21-39-34(38)41-42(45)46)33(44)40-32(22-26(2)3)37-47-31-25-28-24-30(35(28,4)5)36(31,6)48-37/h26-28,30-32H,7-25H2,1-6H3,(H,40,44)(H3,38,39,41)/t27-,28-,30-,31-,32+,36+/m1/s1. The third kappa shape index (κ3) is 11.7. The molecule has 0 aromatic heterocycles. The Kier molecular flexibility index (Phi) is 16.1. The van der Waals surface area contributed by atoms with E-state index in [1.165, 1.54) is 51.4 Å². The zero-order valence-electron chi connectivity index (χ0n) is 30.9. The van der Waals surface area contributed by atoms with Gasteiger partial charge in [0, 0.05) is 25.3 Å². The molecule has 6 atom stereocenters. The lowest BCUT2D eigenvalue weighted by Crippen LogP contribution is -2.65. The van der Waals surface area contributed by atoms with Crippen molar-refractivity contribution in [2.75, 3.05) is 6.54 Å². The maximum atomic E-state index is 13.9. The number of nitro groups is 1. The molecule has 0 spiro atoms. The zero-order valence-corrected chi connectivity index (χ0v) is 30.9. The molecule has 0 radical (unpaired) electrons. The van der Waals surface area contributed by atoms with Crippen molar-refractivity contribution in [2.24, 2.45) is 39.8 Å². The number of hydrogen-bond donors (Lipinski definition) is 3. The molecule has 0 aromatic rings. The lowest BCUT2D eigenvalue weighted by atomic mass is 9.43. The van der Waals surface area contributed by atoms with E-state index in [0.29, 0.717) is 43.4 Å². The molecule has 1 saturated heterocycles. The molecule has 4 rings (SSSR count). The molecule has 48 heavy (non-hydrogen) atoms. The van der Waals surface area contributed by atoms with Crippen LogP contribution in [-0.4, -0.2) is 54.0 Å². The third-order valence-electron chi connectivity index (χ3n) is 11.5. The Labute approximate surface area is 290 Å². The van der Waals surface area contributed by atoms with Gasteiger partial charge in [-0.3, -0.25) is 9.59 Å². The van der Waals surface area contributed by atoms with Crippen molar-refractivity contribution in [3.05, 3.63) is 10.1 Å². The topological polar surface area (TPSA) is 158 Å². The number of guanidine groups is 1. The number of aliphatic imine (C=N–C) groups is 1. The molecular weight excluding hydrogens is 609 g/mol. The van der Waals surface area contributed by atoms with Crippen molar-refractivity contribution in [3.63, 3.8) is 0 Å². The number of hydrazine groups is 1. The van der Waals surface area contributed by atoms with E-state index in [1.807, 2.05) is 5.43 Å². The number of hydrogen-bond acceptors (Lipinski definition) is 7. The molecule has 4 aliphatic rings. The van der Waals surface area contributed by atoms with Gasteiger partial charge < -0.3 is 20.4 Å². The first kappa shape index (κ1) is 40.2. The van der Waals surface area contributed by atoms with Crippen LogP contribution in [0.5, 0.6) is 0 Å². The van der Waals surface area contributed by atoms with Gasteiger partial charge in [-0.1, -0.05) is 104 Å². The van der Waals surface area contributed by atoms with Crippen molar-refractivity contribution >= 4 is 24.8 Å². The number of nitrogens with one attached hydrogen (secondary N) is 2. The number of Topliss-reactive ketones (excluding diaryl/α,β-unsaturated/α-hetero) is 1. The van der Waals surface area contributed by atoms with Crippen LogP contribution < -0.4 is 16.5 Å². The van der Waals surface area contributed by atoms with Gasteiger partial charge >= 0.3 is 7.12 Å². The summed E-state index contributed by atoms with van der Waals surface area (Å²) in [6.45, 7) is 13.6. The molecule has 0 aromatic carbocycles. The van der Waals surface area contributed by atoms with Gasteiger partial charge in [-0.2, -0.15) is 0 Å². The average molecular weight is 676 g/mol. The molecule has 2 bridgehead atoms. The van der Waals surface area contributed by atoms with Crippen LogP contribution in [0.4, 0.5) is 0 Å². The van der Waals surface area contributed by atoms with Crippen molar-refractivity contribution in [1.29, 1.82) is 0 Å². The molecule has 11 nitrogen and oxygen atoms in total. The number of ketones is 1. The van der Waals surface area contributed by atoms with Crippen molar-refractivity contribution in [1.82, 2.24) is 10.7 Å². The maximum absolute atomic E-state index is 13.9. The summed E-state index contributed by atoms with van der Waals surface area (Å²) in [6.07, 6.45) is 17.8. The number of rotatable bonds is 24. The molecule has 3 saturated carbocycles. The number of carbonyl (C=O) groups excluding carboxylic acids is 2. The molecule has 1 amide bonds. The van der Waals surface area contributed by atoms with Crippen LogP contribution in [0, 0.1) is 39.2 Å². The quantitative estimate of drug-likeness (QED) is 0.0248. The van der Waals surface area contributed by atoms with E-state index in [4.69, 9.17) is 15.0 Å². The fraction of sp³-hybridized carbons (Fsp3) is 0.917. The van der Waals surface area contributed by atoms with Gasteiger partial charge in [-0.25, -0.2) is 15.1 Å². The van der Waals surface area contributed by atoms with Crippen LogP contribution in [0.1, 0.15) is 157 Å². The summed E-state index contributed by atoms with van der Waals surface area (Å²) in [4.78, 5) is 41.7. The van der Waals surface area contributed by atoms with Gasteiger partial charge in [0.25, 0.3) is 5.96 Å². The molecule has 274 valence electrons. The van der Waals surface area contributed by atoms with Gasteiger partial charge in [0.2, 0.25) is 5.91 Å². The highest BCUT2D eigenvalue weighted by Gasteiger charge is 2.68. The fourth-order valence-corrected chi connectivity index (χ4v) is 8.47. The monoisotopic (exact) mass is 676 g/mol. The fourth-order valence-electron chi connectivity index (χ4n) is 8.47. The minimum absolute atomic E-state index is 0.0186. The predicted molar refractivity (Wildman–Crippen MR) is 192 cm³/mol. The summed E-state index contributed by atoms with van der Waals surface area (Å²) in [5, 5.41) is 13.1. The number of nitrogens with two attached hydrogens (primary N) is 1. The summed E-state index contributed by atoms with van der Waals surface area (Å²) in [7, 11) is -0.535. The van der Waals surface area contributed by atoms with Gasteiger partial charge in [-0.05, 0) is 68.6 Å². The summed E-state index contributed by atoms with van der Waals surface area (Å²) in [5.41, 5.74) is 7.26. The summed E-state index contributed by atoms with van der Waals surface area (Å²) < 4.78 is 13.3. The molecule has 4 N–H and O–H groups in total. The second-order valence-electron chi connectivity index (χ2n) is 16.1. The Morgan fingerprint density at radius 2 is 1.62 bits per heavy atom. The van der Waals surface area contributed by atoms with E-state index in [-0.39, 0.29) is 53.7 Å². The average Bonchev–Trinajstić information content (AvgIpc) is 3.37. The highest BCUT2D eigenvalue weighted by Crippen LogP contribution is 2.65. The first-order chi connectivity index (χ1) is 22.8. The van der Waals surface area contributed by atoms with E-state index in [0.717, 1.165) is 32.1 Å². The van der Waals surface area contributed by atoms with Gasteiger partial charge in [0.05, 0.1) is 17.6 Å². The molecule has 3 aliphatic carbocycles. The summed E-state index contributed by atoms with van der Waals surface area (Å²) in [5.74, 6) is 0.131. The van der Waals surface area contributed by atoms with Crippen molar-refractivity contribution < 1.29 is 23.9 Å². The maximum Gasteiger partial charge on any atom is 0.481 e. The molecule has 1 aliphatic heterocycles. The molecule has 1 heterocycles. The number of carbonyl (C=O) groups is 2. The highest BCUT2D eigenvalue weighted by molar-refractivity contribution is 6.47. The Balaban J connectivity index is 1.55. The smallest absolute Gasteiger partial charge is 0.404 e. The van der Waals surface area contributed by atoms with Crippen LogP contribution >= 0.6 is 0 Å². The van der Waals surface area contributed by atoms with E-state index < -0.39 is 18.1 Å². The number of amides is 1. The number of nitrogens with zero attached hydrogens (tertiary/aromatic N) is 2. The Morgan fingerprint density at radius 1 is 1.00 bits per heavy atom. The Morgan fingerprint density at radius 3 is 2.21 bits per heavy atom. The molecule has 0 unspecified atom stereocenters. The minimum atomic E-state index is -0.759. The van der Waals surface area contributed by atoms with Crippen LogP contribution in [0.2, 0.25) is 0 Å². The number of unbranched alkanes of at least 4 members (excludes halogenated alkanes) is 10. The normalized spacial score (nSPS) is 25.7. The van der Waals surface area contributed by atoms with Crippen LogP contribution in [0.25, 0.3) is 0 Å². The van der Waals surface area contributed by atoms with E-state index in [2.05, 4.69) is 51.9 Å². The summed E-state index contributed by atoms with van der Waals surface area (Å²) >= 11 is 0. The Hall–Kier alpha value is -2.21. The summed E-state index contributed by atoms with van der Waals surface area (Å²) in [6, 6.07) is 0. The lowest BCUT2D eigenvalue weighted by molar-refractivity contribution is -0.525. The van der Waals surface area contributed by atoms with E-state index in [1.54, 1.807) is 0 Å². The largest absolute Gasteiger partial charge is 0.481 e. The SMILES string of the molecule is CCCCCCCCCCCCCC(=O)C[C@@H](CCCN=C(N)N[N+](=O)[O-])C(=O)N[C@@H](CC(C)C)B1O[C@@H]2C[C@H]3C[C@H](C3(C)C)[C@]2(C)O1. The second kappa shape index (κ2) is 19.3. The third-order valence-corrected chi connectivity index (χ3v) is 11.5. The van der Waals surface area contributed by atoms with Gasteiger partial charge in [0.15, 0.2) is 5.03 Å². The van der Waals surface area contributed by atoms with Crippen LogP contribution in [0.15, 0.2) is 4.99 Å². The van der Waals surface area contributed by atoms with E-state index >= 15 is 0 Å². The first-order valence-corrected chi connectivity index (χ1v) is 19.1. The lowest BCUT2D eigenvalue weighted by Gasteiger charge is -2.64. The van der Waals surface area contributed by atoms with Crippen molar-refractivity contribution in [2.45, 2.75) is 175 Å². The molecular formula is C36H66BN5O6. The van der Waals surface area contributed by atoms with Crippen molar-refractivity contribution in [3.8, 4) is 0 Å². The molecule has 12 heteroatoms. The zero-order chi connectivity index (χ0) is 35.3. The van der Waals surface area contributed by atoms with Gasteiger partial charge in [-0.15, -0.1) is 0 Å².